The van der Waals surface area contributed by atoms with Crippen LogP contribution >= 0.6 is 0 Å². The van der Waals surface area contributed by atoms with Crippen LogP contribution in [0, 0.1) is 5.92 Å². The van der Waals surface area contributed by atoms with E-state index in [1.807, 2.05) is 16.7 Å². The Balaban J connectivity index is 1.76. The van der Waals surface area contributed by atoms with Crippen molar-refractivity contribution >= 4 is 11.8 Å². The Morgan fingerprint density at radius 3 is 2.40 bits per heavy atom. The number of likely N-dealkylation sites (tertiary alicyclic amines) is 1. The van der Waals surface area contributed by atoms with Crippen LogP contribution in [0.4, 0.5) is 0 Å². The molecule has 2 amide bonds. The second-order valence-electron chi connectivity index (χ2n) is 7.23. The summed E-state index contributed by atoms with van der Waals surface area (Å²) in [6.07, 6.45) is 4.60. The molecule has 25 heavy (non-hydrogen) atoms. The summed E-state index contributed by atoms with van der Waals surface area (Å²) < 4.78 is 0. The highest BCUT2D eigenvalue weighted by molar-refractivity contribution is 5.78. The van der Waals surface area contributed by atoms with E-state index in [-0.39, 0.29) is 17.9 Å². The van der Waals surface area contributed by atoms with Crippen LogP contribution < -0.4 is 0 Å². The van der Waals surface area contributed by atoms with E-state index in [2.05, 4.69) is 37.3 Å². The fraction of sp³-hybridized carbons (Fsp3) is 0.619. The van der Waals surface area contributed by atoms with Crippen molar-refractivity contribution in [1.82, 2.24) is 9.80 Å². The fourth-order valence-corrected chi connectivity index (χ4v) is 3.62. The normalized spacial score (nSPS) is 16.5. The predicted octanol–water partition coefficient (Wildman–Crippen LogP) is 3.50. The maximum Gasteiger partial charge on any atom is 0.224 e. The van der Waals surface area contributed by atoms with Gasteiger partial charge in [0.15, 0.2) is 0 Å². The smallest absolute Gasteiger partial charge is 0.224 e. The topological polar surface area (TPSA) is 40.6 Å². The third kappa shape index (κ3) is 5.87. The molecule has 1 atom stereocenters. The molecule has 1 aliphatic rings. The molecule has 0 saturated carbocycles. The molecule has 1 unspecified atom stereocenters. The van der Waals surface area contributed by atoms with Gasteiger partial charge in [-0.05, 0) is 44.1 Å². The summed E-state index contributed by atoms with van der Waals surface area (Å²) in [5.41, 5.74) is 1.39. The Labute approximate surface area is 152 Å². The lowest BCUT2D eigenvalue weighted by Crippen LogP contribution is -2.42. The summed E-state index contributed by atoms with van der Waals surface area (Å²) >= 11 is 0. The van der Waals surface area contributed by atoms with Crippen molar-refractivity contribution in [3.05, 3.63) is 35.9 Å². The molecule has 0 spiro atoms. The van der Waals surface area contributed by atoms with Crippen molar-refractivity contribution in [2.45, 2.75) is 58.9 Å². The minimum atomic E-state index is 0.0590. The minimum absolute atomic E-state index is 0.0590. The molecular weight excluding hydrogens is 312 g/mol. The highest BCUT2D eigenvalue weighted by Gasteiger charge is 2.24. The SMILES string of the molecule is CCC(C)N(CCC(=O)N1CCC(Cc2ccccc2)CC1)C(C)=O. The van der Waals surface area contributed by atoms with Gasteiger partial charge < -0.3 is 9.80 Å². The van der Waals surface area contributed by atoms with Gasteiger partial charge in [-0.3, -0.25) is 9.59 Å². The van der Waals surface area contributed by atoms with E-state index in [0.29, 0.717) is 18.9 Å². The molecule has 138 valence electrons. The maximum atomic E-state index is 12.5. The number of amides is 2. The molecule has 2 rings (SSSR count). The predicted molar refractivity (Wildman–Crippen MR) is 101 cm³/mol. The van der Waals surface area contributed by atoms with E-state index in [1.165, 1.54) is 5.56 Å². The zero-order valence-electron chi connectivity index (χ0n) is 15.9. The third-order valence-electron chi connectivity index (χ3n) is 5.43. The van der Waals surface area contributed by atoms with E-state index in [9.17, 15) is 9.59 Å². The van der Waals surface area contributed by atoms with Gasteiger partial charge in [-0.2, -0.15) is 0 Å². The van der Waals surface area contributed by atoms with Gasteiger partial charge in [0.2, 0.25) is 11.8 Å². The molecule has 4 nitrogen and oxygen atoms in total. The van der Waals surface area contributed by atoms with E-state index in [0.717, 1.165) is 38.8 Å². The van der Waals surface area contributed by atoms with Gasteiger partial charge in [-0.25, -0.2) is 0 Å². The van der Waals surface area contributed by atoms with Gasteiger partial charge in [-0.1, -0.05) is 37.3 Å². The first-order valence-electron chi connectivity index (χ1n) is 9.60. The van der Waals surface area contributed by atoms with Gasteiger partial charge >= 0.3 is 0 Å². The number of hydrogen-bond acceptors (Lipinski definition) is 2. The number of benzene rings is 1. The van der Waals surface area contributed by atoms with Crippen molar-refractivity contribution in [2.24, 2.45) is 5.92 Å². The second-order valence-corrected chi connectivity index (χ2v) is 7.23. The van der Waals surface area contributed by atoms with Gasteiger partial charge in [0.25, 0.3) is 0 Å². The molecule has 0 aromatic heterocycles. The van der Waals surface area contributed by atoms with Crippen LogP contribution in [-0.4, -0.2) is 47.3 Å². The molecule has 1 aliphatic heterocycles. The Morgan fingerprint density at radius 1 is 1.20 bits per heavy atom. The first-order chi connectivity index (χ1) is 12.0. The maximum absolute atomic E-state index is 12.5. The molecule has 1 fully saturated rings. The molecule has 0 aliphatic carbocycles. The summed E-state index contributed by atoms with van der Waals surface area (Å²) in [5, 5.41) is 0. The van der Waals surface area contributed by atoms with Crippen LogP contribution in [0.15, 0.2) is 30.3 Å². The summed E-state index contributed by atoms with van der Waals surface area (Å²) in [6.45, 7) is 7.93. The number of hydrogen-bond donors (Lipinski definition) is 0. The Kier molecular flexibility index (Phi) is 7.48. The average molecular weight is 344 g/mol. The zero-order valence-corrected chi connectivity index (χ0v) is 15.9. The standard InChI is InChI=1S/C21H32N2O2/c1-4-17(2)23(18(3)24)15-12-21(25)22-13-10-20(11-14-22)16-19-8-6-5-7-9-19/h5-9,17,20H,4,10-16H2,1-3H3. The molecule has 1 saturated heterocycles. The van der Waals surface area contributed by atoms with E-state index in [1.54, 1.807) is 6.92 Å². The number of rotatable bonds is 7. The largest absolute Gasteiger partial charge is 0.343 e. The van der Waals surface area contributed by atoms with Crippen LogP contribution in [0.1, 0.15) is 52.0 Å². The van der Waals surface area contributed by atoms with E-state index in [4.69, 9.17) is 0 Å². The monoisotopic (exact) mass is 344 g/mol. The van der Waals surface area contributed by atoms with E-state index >= 15 is 0 Å². The summed E-state index contributed by atoms with van der Waals surface area (Å²) in [7, 11) is 0. The van der Waals surface area contributed by atoms with Crippen molar-refractivity contribution in [3.63, 3.8) is 0 Å². The zero-order chi connectivity index (χ0) is 18.2. The van der Waals surface area contributed by atoms with Crippen molar-refractivity contribution < 1.29 is 9.59 Å². The first kappa shape index (κ1) is 19.5. The number of carbonyl (C=O) groups excluding carboxylic acids is 2. The highest BCUT2D eigenvalue weighted by Crippen LogP contribution is 2.22. The molecule has 0 bridgehead atoms. The van der Waals surface area contributed by atoms with Crippen LogP contribution in [0.2, 0.25) is 0 Å². The molecule has 1 aromatic carbocycles. The molecule has 1 heterocycles. The third-order valence-corrected chi connectivity index (χ3v) is 5.43. The lowest BCUT2D eigenvalue weighted by atomic mass is 9.90. The van der Waals surface area contributed by atoms with E-state index < -0.39 is 0 Å². The molecule has 1 aromatic rings. The highest BCUT2D eigenvalue weighted by atomic mass is 16.2. The van der Waals surface area contributed by atoms with Crippen LogP contribution in [-0.2, 0) is 16.0 Å². The van der Waals surface area contributed by atoms with Gasteiger partial charge in [0.05, 0.1) is 0 Å². The fourth-order valence-electron chi connectivity index (χ4n) is 3.62. The lowest BCUT2D eigenvalue weighted by molar-refractivity contribution is -0.135. The average Bonchev–Trinajstić information content (AvgIpc) is 2.62. The number of piperidine rings is 1. The summed E-state index contributed by atoms with van der Waals surface area (Å²) in [5.74, 6) is 0.914. The summed E-state index contributed by atoms with van der Waals surface area (Å²) in [6, 6.07) is 10.8. The van der Waals surface area contributed by atoms with Crippen molar-refractivity contribution in [2.75, 3.05) is 19.6 Å². The Hall–Kier alpha value is -1.84. The quantitative estimate of drug-likeness (QED) is 0.759. The molecule has 0 N–H and O–H groups in total. The first-order valence-corrected chi connectivity index (χ1v) is 9.60. The molecule has 0 radical (unpaired) electrons. The number of nitrogens with zero attached hydrogens (tertiary/aromatic N) is 2. The Morgan fingerprint density at radius 2 is 1.84 bits per heavy atom. The van der Waals surface area contributed by atoms with Gasteiger partial charge in [0, 0.05) is 39.0 Å². The van der Waals surface area contributed by atoms with Gasteiger partial charge in [0.1, 0.15) is 0 Å². The van der Waals surface area contributed by atoms with Crippen molar-refractivity contribution in [3.8, 4) is 0 Å². The molecular formula is C21H32N2O2. The minimum Gasteiger partial charge on any atom is -0.343 e. The lowest BCUT2D eigenvalue weighted by Gasteiger charge is -2.33. The van der Waals surface area contributed by atoms with Crippen LogP contribution in [0.25, 0.3) is 0 Å². The van der Waals surface area contributed by atoms with Gasteiger partial charge in [-0.15, -0.1) is 0 Å². The van der Waals surface area contributed by atoms with Crippen LogP contribution in [0.3, 0.4) is 0 Å². The summed E-state index contributed by atoms with van der Waals surface area (Å²) in [4.78, 5) is 28.0. The Bertz CT molecular complexity index is 550. The number of carbonyl (C=O) groups is 2. The van der Waals surface area contributed by atoms with Crippen LogP contribution in [0.5, 0.6) is 0 Å². The van der Waals surface area contributed by atoms with Crippen molar-refractivity contribution in [1.29, 1.82) is 0 Å². The molecule has 4 heteroatoms. The second kappa shape index (κ2) is 9.59.